The molecule has 0 atom stereocenters. The lowest BCUT2D eigenvalue weighted by molar-refractivity contribution is -0.0908. The average Bonchev–Trinajstić information content (AvgIpc) is 3.32. The molecule has 0 saturated heterocycles. The van der Waals surface area contributed by atoms with E-state index < -0.39 is 17.7 Å². The first-order chi connectivity index (χ1) is 16.4. The van der Waals surface area contributed by atoms with Gasteiger partial charge < -0.3 is 14.2 Å². The molecule has 0 aliphatic carbocycles. The zero-order valence-electron chi connectivity index (χ0n) is 20.0. The number of furan rings is 1. The Morgan fingerprint density at radius 2 is 1.77 bits per heavy atom. The molecule has 2 aromatic rings. The Balaban J connectivity index is 1.78. The maximum atomic E-state index is 13.7. The molecule has 0 bridgehead atoms. The summed E-state index contributed by atoms with van der Waals surface area (Å²) in [6.45, 7) is 9.60. The second kappa shape index (κ2) is 10.5. The van der Waals surface area contributed by atoms with E-state index in [0.29, 0.717) is 29.8 Å². The minimum Gasteiger partial charge on any atom is -0.472 e. The van der Waals surface area contributed by atoms with Gasteiger partial charge in [-0.3, -0.25) is 0 Å². The Hall–Kier alpha value is -3.29. The van der Waals surface area contributed by atoms with Crippen LogP contribution < -0.4 is 4.90 Å². The molecule has 0 fully saturated rings. The number of allylic oxidation sites excluding steroid dienone is 4. The van der Waals surface area contributed by atoms with Gasteiger partial charge in [0, 0.05) is 54.3 Å². The number of nitrogens with zero attached hydrogens (tertiary/aromatic N) is 2. The van der Waals surface area contributed by atoms with Gasteiger partial charge in [-0.05, 0) is 44.0 Å². The molecule has 1 aliphatic rings. The van der Waals surface area contributed by atoms with Crippen molar-refractivity contribution in [2.24, 2.45) is 0 Å². The second-order valence-electron chi connectivity index (χ2n) is 8.53. The van der Waals surface area contributed by atoms with Crippen LogP contribution in [0.1, 0.15) is 44.7 Å². The highest BCUT2D eigenvalue weighted by Crippen LogP contribution is 2.40. The molecule has 0 amide bonds. The van der Waals surface area contributed by atoms with Crippen LogP contribution in [0.3, 0.4) is 0 Å². The summed E-state index contributed by atoms with van der Waals surface area (Å²) in [5, 5.41) is 0. The monoisotopic (exact) mass is 492 g/mol. The van der Waals surface area contributed by atoms with E-state index in [9.17, 15) is 22.0 Å². The van der Waals surface area contributed by atoms with E-state index in [1.54, 1.807) is 31.3 Å². The molecule has 0 N–H and O–H groups in total. The molecule has 0 spiro atoms. The van der Waals surface area contributed by atoms with Gasteiger partial charge in [0.1, 0.15) is 0 Å². The van der Waals surface area contributed by atoms with Crippen molar-refractivity contribution < 1.29 is 26.4 Å². The van der Waals surface area contributed by atoms with Gasteiger partial charge in [-0.25, -0.2) is 8.78 Å². The molecular formula is C27H29F5N2O. The smallest absolute Gasteiger partial charge is 0.418 e. The first-order valence-corrected chi connectivity index (χ1v) is 11.3. The van der Waals surface area contributed by atoms with Crippen LogP contribution in [0.25, 0.3) is 5.57 Å². The summed E-state index contributed by atoms with van der Waals surface area (Å²) in [5.41, 5.74) is 1.30. The van der Waals surface area contributed by atoms with Gasteiger partial charge in [-0.15, -0.1) is 0 Å². The lowest BCUT2D eigenvalue weighted by Crippen LogP contribution is -2.27. The van der Waals surface area contributed by atoms with E-state index in [1.807, 2.05) is 13.0 Å². The summed E-state index contributed by atoms with van der Waals surface area (Å²) in [5.74, 6) is -2.91. The van der Waals surface area contributed by atoms with Crippen molar-refractivity contribution in [2.45, 2.75) is 45.7 Å². The summed E-state index contributed by atoms with van der Waals surface area (Å²) >= 11 is 0. The SMILES string of the molecule is C=C1C(C(F)(F)F)=CC(c2ccoc2)=CN1/C(C)=C/CCN(CCC)c1ccc(C(C)(F)F)cc1. The Labute approximate surface area is 202 Å². The zero-order chi connectivity index (χ0) is 25.8. The normalized spacial score (nSPS) is 15.3. The lowest BCUT2D eigenvalue weighted by Gasteiger charge is -2.31. The highest BCUT2D eigenvalue weighted by atomic mass is 19.4. The van der Waals surface area contributed by atoms with Crippen LogP contribution >= 0.6 is 0 Å². The molecule has 8 heteroatoms. The number of hydrogen-bond acceptors (Lipinski definition) is 3. The number of hydrogen-bond donors (Lipinski definition) is 0. The summed E-state index contributed by atoms with van der Waals surface area (Å²) < 4.78 is 73.2. The van der Waals surface area contributed by atoms with Crippen LogP contribution in [0.2, 0.25) is 0 Å². The predicted molar refractivity (Wildman–Crippen MR) is 129 cm³/mol. The van der Waals surface area contributed by atoms with Gasteiger partial charge in [-0.1, -0.05) is 31.7 Å². The lowest BCUT2D eigenvalue weighted by atomic mass is 10.00. The third-order valence-electron chi connectivity index (χ3n) is 5.78. The van der Waals surface area contributed by atoms with Crippen LogP contribution in [0.15, 0.2) is 89.2 Å². The largest absolute Gasteiger partial charge is 0.472 e. The van der Waals surface area contributed by atoms with E-state index in [4.69, 9.17) is 4.42 Å². The maximum Gasteiger partial charge on any atom is 0.418 e. The molecule has 188 valence electrons. The highest BCUT2D eigenvalue weighted by molar-refractivity contribution is 5.77. The van der Waals surface area contributed by atoms with E-state index in [0.717, 1.165) is 31.7 Å². The van der Waals surface area contributed by atoms with Crippen molar-refractivity contribution >= 4 is 11.3 Å². The molecule has 1 aromatic carbocycles. The fraction of sp³-hybridized carbons (Fsp3) is 0.333. The number of rotatable bonds is 9. The molecule has 3 nitrogen and oxygen atoms in total. The number of alkyl halides is 5. The van der Waals surface area contributed by atoms with Crippen LogP contribution in [-0.2, 0) is 5.92 Å². The van der Waals surface area contributed by atoms with E-state index in [-0.39, 0.29) is 11.3 Å². The van der Waals surface area contributed by atoms with Crippen molar-refractivity contribution in [1.82, 2.24) is 4.90 Å². The van der Waals surface area contributed by atoms with Crippen molar-refractivity contribution in [1.29, 1.82) is 0 Å². The second-order valence-corrected chi connectivity index (χ2v) is 8.53. The van der Waals surface area contributed by atoms with Crippen LogP contribution in [-0.4, -0.2) is 24.2 Å². The highest BCUT2D eigenvalue weighted by Gasteiger charge is 2.39. The fourth-order valence-electron chi connectivity index (χ4n) is 3.90. The summed E-state index contributed by atoms with van der Waals surface area (Å²) in [6.07, 6.45) is 4.18. The van der Waals surface area contributed by atoms with Gasteiger partial charge in [0.25, 0.3) is 5.92 Å². The van der Waals surface area contributed by atoms with E-state index in [1.165, 1.54) is 29.6 Å². The number of halogens is 5. The third-order valence-corrected chi connectivity index (χ3v) is 5.78. The molecule has 0 radical (unpaired) electrons. The van der Waals surface area contributed by atoms with Crippen molar-refractivity contribution in [3.8, 4) is 0 Å². The molecule has 2 heterocycles. The Kier molecular flexibility index (Phi) is 7.93. The third kappa shape index (κ3) is 6.44. The molecular weight excluding hydrogens is 463 g/mol. The molecule has 0 saturated carbocycles. The standard InChI is InChI=1S/C27H29F5N2O/c1-5-13-33(24-10-8-23(9-11-24)26(4,28)29)14-6-7-19(2)34-17-22(21-12-15-35-18-21)16-25(20(34)3)27(30,31)32/h7-12,15-18H,3,5-6,13-14H2,1-2,4H3/b19-7+. The quantitative estimate of drug-likeness (QED) is 0.329. The van der Waals surface area contributed by atoms with Crippen molar-refractivity contribution in [3.05, 3.63) is 95.9 Å². The first kappa shape index (κ1) is 26.3. The topological polar surface area (TPSA) is 19.6 Å². The summed E-state index contributed by atoms with van der Waals surface area (Å²) in [4.78, 5) is 3.51. The Morgan fingerprint density at radius 1 is 1.09 bits per heavy atom. The van der Waals surface area contributed by atoms with E-state index >= 15 is 0 Å². The van der Waals surface area contributed by atoms with Crippen LogP contribution in [0.4, 0.5) is 27.6 Å². The van der Waals surface area contributed by atoms with Gasteiger partial charge in [0.15, 0.2) is 0 Å². The van der Waals surface area contributed by atoms with Crippen molar-refractivity contribution in [3.63, 3.8) is 0 Å². The fourth-order valence-corrected chi connectivity index (χ4v) is 3.90. The predicted octanol–water partition coefficient (Wildman–Crippen LogP) is 8.26. The number of anilines is 1. The minimum absolute atomic E-state index is 0.0502. The summed E-state index contributed by atoms with van der Waals surface area (Å²) in [6, 6.07) is 7.79. The molecule has 35 heavy (non-hydrogen) atoms. The minimum atomic E-state index is -4.56. The molecule has 1 aliphatic heterocycles. The van der Waals surface area contributed by atoms with Gasteiger partial charge in [0.2, 0.25) is 0 Å². The van der Waals surface area contributed by atoms with Crippen LogP contribution in [0, 0.1) is 0 Å². The average molecular weight is 493 g/mol. The first-order valence-electron chi connectivity index (χ1n) is 11.3. The Morgan fingerprint density at radius 3 is 2.31 bits per heavy atom. The van der Waals surface area contributed by atoms with E-state index in [2.05, 4.69) is 11.5 Å². The van der Waals surface area contributed by atoms with Crippen molar-refractivity contribution in [2.75, 3.05) is 18.0 Å². The molecule has 1 aromatic heterocycles. The van der Waals surface area contributed by atoms with Gasteiger partial charge in [0.05, 0.1) is 23.8 Å². The zero-order valence-corrected chi connectivity index (χ0v) is 20.0. The number of benzene rings is 1. The molecule has 0 unspecified atom stereocenters. The molecule has 3 rings (SSSR count). The van der Waals surface area contributed by atoms with Crippen LogP contribution in [0.5, 0.6) is 0 Å². The van der Waals surface area contributed by atoms with Gasteiger partial charge >= 0.3 is 6.18 Å². The maximum absolute atomic E-state index is 13.7. The Bertz CT molecular complexity index is 1100. The summed E-state index contributed by atoms with van der Waals surface area (Å²) in [7, 11) is 0. The van der Waals surface area contributed by atoms with Gasteiger partial charge in [-0.2, -0.15) is 13.2 Å².